The molecule has 0 bridgehead atoms. The van der Waals surface area contributed by atoms with Crippen LogP contribution in [0.3, 0.4) is 0 Å². The van der Waals surface area contributed by atoms with Crippen LogP contribution in [0.15, 0.2) is 0 Å². The van der Waals surface area contributed by atoms with Crippen molar-refractivity contribution in [1.29, 1.82) is 0 Å². The first-order valence-corrected chi connectivity index (χ1v) is 0. The molecule has 5 heteroatoms. The minimum atomic E-state index is 0. The summed E-state index contributed by atoms with van der Waals surface area (Å²) in [7, 11) is 0. The van der Waals surface area contributed by atoms with Crippen molar-refractivity contribution >= 4 is 88.0 Å². The molecule has 33 valence electrons. The Morgan fingerprint density at radius 2 is 0.600 bits per heavy atom. The van der Waals surface area contributed by atoms with Crippen molar-refractivity contribution < 1.29 is 0 Å². The van der Waals surface area contributed by atoms with E-state index >= 15 is 0 Å². The zero-order chi connectivity index (χ0) is 0. The molecule has 0 atom stereocenters. The predicted octanol–water partition coefficient (Wildman–Crippen LogP) is -5.38. The molecule has 0 aliphatic carbocycles. The molecule has 0 N–H and O–H groups in total. The normalized spacial score (nSPS) is 0. The summed E-state index contributed by atoms with van der Waals surface area (Å²) in [5.41, 5.74) is 0. The number of rotatable bonds is 0. The molecule has 0 nitrogen and oxygen atoms in total. The fourth-order valence-corrected chi connectivity index (χ4v) is 0. The summed E-state index contributed by atoms with van der Waals surface area (Å²) >= 11 is 0. The SMILES string of the molecule is [GeH2].[GeH2].[GeH2].[GeH3].[GeH4]. The second-order valence-electron chi connectivity index (χ2n) is 0. The number of hydrogen-bond acceptors (Lipinski definition) is 0. The standard InChI is InChI=1S/GeH4.GeH3.3GeH2/h1H4;1H3;3*1H2. The maximum absolute atomic E-state index is 0. The first-order chi connectivity index (χ1) is 0. The van der Waals surface area contributed by atoms with Crippen LogP contribution in [0, 0.1) is 0 Å². The van der Waals surface area contributed by atoms with Gasteiger partial charge in [-0.25, -0.2) is 0 Å². The Morgan fingerprint density at radius 3 is 0.600 bits per heavy atom. The Morgan fingerprint density at radius 1 is 0.600 bits per heavy atom. The molecule has 0 saturated carbocycles. The van der Waals surface area contributed by atoms with Gasteiger partial charge < -0.3 is 0 Å². The van der Waals surface area contributed by atoms with Gasteiger partial charge in [0.15, 0.2) is 0 Å². The van der Waals surface area contributed by atoms with Crippen LogP contribution in [0.5, 0.6) is 0 Å². The Balaban J connectivity index is 0. The second kappa shape index (κ2) is 29.8. The van der Waals surface area contributed by atoms with Gasteiger partial charge in [0.25, 0.3) is 0 Å². The molecule has 0 aromatic heterocycles. The van der Waals surface area contributed by atoms with Gasteiger partial charge in [-0.05, 0) is 0 Å². The fourth-order valence-electron chi connectivity index (χ4n) is 0. The molecule has 0 spiro atoms. The molecule has 5 heavy (non-hydrogen) atoms. The van der Waals surface area contributed by atoms with Crippen molar-refractivity contribution in [3.63, 3.8) is 0 Å². The summed E-state index contributed by atoms with van der Waals surface area (Å²) in [6.07, 6.45) is 0. The van der Waals surface area contributed by atoms with E-state index in [1.165, 1.54) is 0 Å². The van der Waals surface area contributed by atoms with Crippen molar-refractivity contribution in [1.82, 2.24) is 0 Å². The summed E-state index contributed by atoms with van der Waals surface area (Å²) in [4.78, 5) is 0. The fraction of sp³-hybridized carbons (Fsp3) is 0. The average molecular weight is 376 g/mol. The van der Waals surface area contributed by atoms with Gasteiger partial charge in [0, 0.05) is 0 Å². The van der Waals surface area contributed by atoms with Gasteiger partial charge in [0.1, 0.15) is 0 Å². The quantitative estimate of drug-likeness (QED) is 0.371. The Bertz CT molecular complexity index is 0. The van der Waals surface area contributed by atoms with Gasteiger partial charge in [-0.2, -0.15) is 0 Å². The summed E-state index contributed by atoms with van der Waals surface area (Å²) in [5, 5.41) is 0. The first-order valence-electron chi connectivity index (χ1n) is 0. The topological polar surface area (TPSA) is 0 Å². The third kappa shape index (κ3) is 20.3. The summed E-state index contributed by atoms with van der Waals surface area (Å²) in [5.74, 6) is 0. The van der Waals surface area contributed by atoms with E-state index in [1.807, 2.05) is 0 Å². The Hall–Kier alpha value is 2.71. The molecule has 0 aliphatic heterocycles. The van der Waals surface area contributed by atoms with E-state index < -0.39 is 0 Å². The maximum atomic E-state index is 0. The molecule has 0 heterocycles. The van der Waals surface area contributed by atoms with Gasteiger partial charge in [0.05, 0.1) is 0 Å². The van der Waals surface area contributed by atoms with Crippen LogP contribution in [-0.2, 0) is 0 Å². The monoisotopic (exact) mass is 383 g/mol. The van der Waals surface area contributed by atoms with Crippen molar-refractivity contribution in [3.05, 3.63) is 0 Å². The van der Waals surface area contributed by atoms with E-state index in [2.05, 4.69) is 0 Å². The predicted molar refractivity (Wildman–Crippen MR) is 46.9 cm³/mol. The molecule has 0 fully saturated rings. The summed E-state index contributed by atoms with van der Waals surface area (Å²) in [6, 6.07) is 0. The second-order valence-corrected chi connectivity index (χ2v) is 0. The molecule has 0 saturated heterocycles. The van der Waals surface area contributed by atoms with Crippen LogP contribution in [0.25, 0.3) is 0 Å². The van der Waals surface area contributed by atoms with Crippen molar-refractivity contribution in [2.45, 2.75) is 0 Å². The van der Waals surface area contributed by atoms with E-state index in [0.29, 0.717) is 0 Å². The molecule has 0 aliphatic rings. The van der Waals surface area contributed by atoms with E-state index in [-0.39, 0.29) is 88.0 Å². The molecule has 7 radical (unpaired) electrons. The average Bonchev–Trinajstić information content (AvgIpc) is 0. The Labute approximate surface area is 86.9 Å². The zero-order valence-corrected chi connectivity index (χ0v) is 16.2. The zero-order valence-electron chi connectivity index (χ0n) is 3.12. The van der Waals surface area contributed by atoms with Gasteiger partial charge in [-0.1, -0.05) is 0 Å². The molecular weight excluding hydrogens is 363 g/mol. The van der Waals surface area contributed by atoms with Crippen LogP contribution in [0.4, 0.5) is 0 Å². The molecule has 0 aromatic carbocycles. The molecule has 0 aromatic rings. The van der Waals surface area contributed by atoms with Gasteiger partial charge in [0.2, 0.25) is 0 Å². The van der Waals surface area contributed by atoms with Crippen LogP contribution in [-0.4, -0.2) is 88.0 Å². The molecule has 0 rings (SSSR count). The third-order valence-electron chi connectivity index (χ3n) is 0. The Kier molecular flexibility index (Phi) is 281. The summed E-state index contributed by atoms with van der Waals surface area (Å²) < 4.78 is 0. The van der Waals surface area contributed by atoms with E-state index in [1.54, 1.807) is 0 Å². The number of hydrogen-bond donors (Lipinski definition) is 0. The molecule has 0 unspecified atom stereocenters. The summed E-state index contributed by atoms with van der Waals surface area (Å²) in [6.45, 7) is 0. The van der Waals surface area contributed by atoms with E-state index in [9.17, 15) is 0 Å². The first kappa shape index (κ1) is 47.2. The van der Waals surface area contributed by atoms with Crippen molar-refractivity contribution in [2.24, 2.45) is 0 Å². The van der Waals surface area contributed by atoms with Crippen LogP contribution >= 0.6 is 0 Å². The third-order valence-corrected chi connectivity index (χ3v) is 0. The van der Waals surface area contributed by atoms with Gasteiger partial charge >= 0.3 is 88.0 Å². The molecular formula is H13Ge5. The minimum absolute atomic E-state index is 0. The molecule has 0 amide bonds. The van der Waals surface area contributed by atoms with Crippen molar-refractivity contribution in [3.8, 4) is 0 Å². The van der Waals surface area contributed by atoms with Gasteiger partial charge in [-0.15, -0.1) is 0 Å². The van der Waals surface area contributed by atoms with Crippen molar-refractivity contribution in [2.75, 3.05) is 0 Å². The van der Waals surface area contributed by atoms with E-state index in [4.69, 9.17) is 0 Å². The van der Waals surface area contributed by atoms with E-state index in [0.717, 1.165) is 0 Å². The van der Waals surface area contributed by atoms with Gasteiger partial charge in [-0.3, -0.25) is 0 Å². The van der Waals surface area contributed by atoms with Crippen LogP contribution in [0.2, 0.25) is 0 Å². The van der Waals surface area contributed by atoms with Crippen LogP contribution in [0.1, 0.15) is 0 Å². The van der Waals surface area contributed by atoms with Crippen LogP contribution < -0.4 is 0 Å².